The molecule has 0 amide bonds. The first-order valence-corrected chi connectivity index (χ1v) is 14.4. The summed E-state index contributed by atoms with van der Waals surface area (Å²) in [5.41, 5.74) is 10.6. The van der Waals surface area contributed by atoms with Crippen LogP contribution in [0, 0.1) is 0 Å². The lowest BCUT2D eigenvalue weighted by molar-refractivity contribution is 1.19. The highest BCUT2D eigenvalue weighted by Crippen LogP contribution is 2.38. The molecule has 0 aliphatic rings. The van der Waals surface area contributed by atoms with E-state index in [9.17, 15) is 0 Å². The van der Waals surface area contributed by atoms with Gasteiger partial charge in [-0.25, -0.2) is 0 Å². The molecule has 0 atom stereocenters. The molecule has 0 saturated heterocycles. The summed E-state index contributed by atoms with van der Waals surface area (Å²) in [4.78, 5) is 0. The van der Waals surface area contributed by atoms with E-state index in [1.54, 1.807) is 0 Å². The van der Waals surface area contributed by atoms with Crippen LogP contribution in [-0.4, -0.2) is 4.57 Å². The first-order chi connectivity index (χ1) is 20.8. The standard InChI is InChI=1S/C40H28N2/c1-3-10-28(11-4-1)31-13-9-14-34(26-31)41-33-22-18-29(19-23-33)32-21-24-37-38-25-20-30-12-7-8-17-36(30)40(38)42(39(37)27-32)35-15-5-2-6-16-35/h1-27,41H. The largest absolute Gasteiger partial charge is 0.356 e. The molecule has 0 bridgehead atoms. The first kappa shape index (κ1) is 24.2. The number of hydrogen-bond acceptors (Lipinski definition) is 1. The van der Waals surface area contributed by atoms with Gasteiger partial charge in [0.1, 0.15) is 0 Å². The van der Waals surface area contributed by atoms with E-state index in [4.69, 9.17) is 0 Å². The molecule has 0 fully saturated rings. The predicted molar refractivity (Wildman–Crippen MR) is 179 cm³/mol. The summed E-state index contributed by atoms with van der Waals surface area (Å²) in [6.07, 6.45) is 0. The van der Waals surface area contributed by atoms with Crippen molar-refractivity contribution in [2.45, 2.75) is 0 Å². The number of anilines is 2. The van der Waals surface area contributed by atoms with Gasteiger partial charge in [-0.3, -0.25) is 0 Å². The van der Waals surface area contributed by atoms with Crippen LogP contribution in [0.25, 0.3) is 60.5 Å². The molecule has 2 heteroatoms. The molecule has 7 aromatic carbocycles. The molecular formula is C40H28N2. The maximum absolute atomic E-state index is 3.58. The van der Waals surface area contributed by atoms with E-state index in [1.165, 1.54) is 60.5 Å². The third-order valence-corrected chi connectivity index (χ3v) is 8.14. The summed E-state index contributed by atoms with van der Waals surface area (Å²) in [6.45, 7) is 0. The van der Waals surface area contributed by atoms with E-state index < -0.39 is 0 Å². The van der Waals surface area contributed by atoms with Crippen molar-refractivity contribution in [2.75, 3.05) is 5.32 Å². The lowest BCUT2D eigenvalue weighted by Gasteiger charge is -2.11. The molecule has 42 heavy (non-hydrogen) atoms. The van der Waals surface area contributed by atoms with Crippen LogP contribution in [0.3, 0.4) is 0 Å². The zero-order valence-corrected chi connectivity index (χ0v) is 23.0. The van der Waals surface area contributed by atoms with Crippen LogP contribution in [0.15, 0.2) is 164 Å². The first-order valence-electron chi connectivity index (χ1n) is 14.4. The molecule has 2 nitrogen and oxygen atoms in total. The van der Waals surface area contributed by atoms with Gasteiger partial charge in [0.15, 0.2) is 0 Å². The Hall–Kier alpha value is -5.60. The third-order valence-electron chi connectivity index (χ3n) is 8.14. The monoisotopic (exact) mass is 536 g/mol. The number of benzene rings is 7. The van der Waals surface area contributed by atoms with Crippen molar-refractivity contribution < 1.29 is 0 Å². The van der Waals surface area contributed by atoms with E-state index in [0.29, 0.717) is 0 Å². The van der Waals surface area contributed by atoms with Gasteiger partial charge >= 0.3 is 0 Å². The van der Waals surface area contributed by atoms with E-state index in [-0.39, 0.29) is 0 Å². The van der Waals surface area contributed by atoms with Gasteiger partial charge < -0.3 is 9.88 Å². The molecule has 0 saturated carbocycles. The average Bonchev–Trinajstić information content (AvgIpc) is 3.40. The number of hydrogen-bond donors (Lipinski definition) is 1. The lowest BCUT2D eigenvalue weighted by Crippen LogP contribution is -1.94. The molecule has 198 valence electrons. The van der Waals surface area contributed by atoms with Gasteiger partial charge in [0.2, 0.25) is 0 Å². The smallest absolute Gasteiger partial charge is 0.0619 e. The maximum atomic E-state index is 3.58. The second-order valence-electron chi connectivity index (χ2n) is 10.7. The molecule has 0 radical (unpaired) electrons. The predicted octanol–water partition coefficient (Wildman–Crippen LogP) is 11.0. The van der Waals surface area contributed by atoms with Crippen LogP contribution < -0.4 is 5.32 Å². The molecule has 1 aromatic heterocycles. The van der Waals surface area contributed by atoms with Gasteiger partial charge in [0.25, 0.3) is 0 Å². The summed E-state index contributed by atoms with van der Waals surface area (Å²) in [5.74, 6) is 0. The number of nitrogens with zero attached hydrogens (tertiary/aromatic N) is 1. The Balaban J connectivity index is 1.19. The van der Waals surface area contributed by atoms with Gasteiger partial charge in [-0.2, -0.15) is 0 Å². The second kappa shape index (κ2) is 10.1. The van der Waals surface area contributed by atoms with Crippen molar-refractivity contribution in [2.24, 2.45) is 0 Å². The fourth-order valence-corrected chi connectivity index (χ4v) is 6.12. The van der Waals surface area contributed by atoms with E-state index in [0.717, 1.165) is 11.4 Å². The van der Waals surface area contributed by atoms with Crippen LogP contribution in [0.1, 0.15) is 0 Å². The molecule has 0 unspecified atom stereocenters. The SMILES string of the molecule is c1ccc(-c2cccc(Nc3ccc(-c4ccc5c6ccc7ccccc7c6n(-c6ccccc6)c5c4)cc3)c2)cc1. The van der Waals surface area contributed by atoms with E-state index in [1.807, 2.05) is 6.07 Å². The quantitative estimate of drug-likeness (QED) is 0.231. The Morgan fingerprint density at radius 3 is 1.86 bits per heavy atom. The Morgan fingerprint density at radius 1 is 0.381 bits per heavy atom. The Bertz CT molecular complexity index is 2190. The third kappa shape index (κ3) is 4.22. The molecular weight excluding hydrogens is 508 g/mol. The van der Waals surface area contributed by atoms with Crippen molar-refractivity contribution in [1.29, 1.82) is 0 Å². The Labute approximate surface area is 245 Å². The van der Waals surface area contributed by atoms with E-state index in [2.05, 4.69) is 168 Å². The van der Waals surface area contributed by atoms with Crippen molar-refractivity contribution in [3.8, 4) is 27.9 Å². The van der Waals surface area contributed by atoms with Crippen molar-refractivity contribution in [3.05, 3.63) is 164 Å². The summed E-state index contributed by atoms with van der Waals surface area (Å²) < 4.78 is 2.42. The minimum atomic E-state index is 1.06. The maximum Gasteiger partial charge on any atom is 0.0619 e. The lowest BCUT2D eigenvalue weighted by atomic mass is 10.0. The van der Waals surface area contributed by atoms with Crippen molar-refractivity contribution in [1.82, 2.24) is 4.57 Å². The van der Waals surface area contributed by atoms with Gasteiger partial charge in [-0.05, 0) is 70.1 Å². The number of aromatic nitrogens is 1. The summed E-state index contributed by atoms with van der Waals surface area (Å²) >= 11 is 0. The van der Waals surface area contributed by atoms with Crippen LogP contribution >= 0.6 is 0 Å². The van der Waals surface area contributed by atoms with Crippen LogP contribution in [0.5, 0.6) is 0 Å². The van der Waals surface area contributed by atoms with Gasteiger partial charge in [-0.1, -0.05) is 121 Å². The minimum Gasteiger partial charge on any atom is -0.356 e. The molecule has 0 aliphatic heterocycles. The molecule has 1 N–H and O–H groups in total. The number of fused-ring (bicyclic) bond motifs is 5. The van der Waals surface area contributed by atoms with Gasteiger partial charge in [0, 0.05) is 33.2 Å². The Kier molecular flexibility index (Phi) is 5.82. The number of para-hydroxylation sites is 1. The number of rotatable bonds is 5. The minimum absolute atomic E-state index is 1.06. The van der Waals surface area contributed by atoms with Crippen molar-refractivity contribution in [3.63, 3.8) is 0 Å². The highest BCUT2D eigenvalue weighted by atomic mass is 15.0. The molecule has 8 aromatic rings. The van der Waals surface area contributed by atoms with Crippen molar-refractivity contribution >= 4 is 44.0 Å². The summed E-state index contributed by atoms with van der Waals surface area (Å²) in [7, 11) is 0. The fraction of sp³-hybridized carbons (Fsp3) is 0. The normalized spacial score (nSPS) is 11.3. The van der Waals surface area contributed by atoms with Gasteiger partial charge in [0.05, 0.1) is 11.0 Å². The summed E-state index contributed by atoms with van der Waals surface area (Å²) in [5, 5.41) is 8.64. The van der Waals surface area contributed by atoms with Gasteiger partial charge in [-0.15, -0.1) is 0 Å². The van der Waals surface area contributed by atoms with Crippen LogP contribution in [0.2, 0.25) is 0 Å². The van der Waals surface area contributed by atoms with Crippen LogP contribution in [-0.2, 0) is 0 Å². The second-order valence-corrected chi connectivity index (χ2v) is 10.7. The number of nitrogens with one attached hydrogen (secondary N) is 1. The summed E-state index contributed by atoms with van der Waals surface area (Å²) in [6, 6.07) is 58.5. The molecule has 1 heterocycles. The Morgan fingerprint density at radius 2 is 1.02 bits per heavy atom. The zero-order chi connectivity index (χ0) is 27.9. The van der Waals surface area contributed by atoms with Crippen LogP contribution in [0.4, 0.5) is 11.4 Å². The molecule has 0 spiro atoms. The highest BCUT2D eigenvalue weighted by molar-refractivity contribution is 6.19. The molecule has 8 rings (SSSR count). The fourth-order valence-electron chi connectivity index (χ4n) is 6.12. The topological polar surface area (TPSA) is 17.0 Å². The zero-order valence-electron chi connectivity index (χ0n) is 23.0. The average molecular weight is 537 g/mol. The highest BCUT2D eigenvalue weighted by Gasteiger charge is 2.15. The molecule has 0 aliphatic carbocycles. The van der Waals surface area contributed by atoms with E-state index >= 15 is 0 Å².